The molecular formula is C12H13ClN2O3S. The van der Waals surface area contributed by atoms with Crippen molar-refractivity contribution in [2.75, 3.05) is 6.54 Å². The van der Waals surface area contributed by atoms with Gasteiger partial charge in [-0.25, -0.2) is 13.1 Å². The smallest absolute Gasteiger partial charge is 0.242 e. The molecule has 0 saturated heterocycles. The Hall–Kier alpha value is -1.37. The molecule has 0 atom stereocenters. The quantitative estimate of drug-likeness (QED) is 0.830. The van der Waals surface area contributed by atoms with Crippen LogP contribution in [0.5, 0.6) is 0 Å². The van der Waals surface area contributed by atoms with Crippen molar-refractivity contribution < 1.29 is 12.9 Å². The fraction of sp³-hybridized carbons (Fsp3) is 0.250. The van der Waals surface area contributed by atoms with E-state index < -0.39 is 10.0 Å². The van der Waals surface area contributed by atoms with E-state index in [9.17, 15) is 8.42 Å². The van der Waals surface area contributed by atoms with Crippen molar-refractivity contribution in [1.82, 2.24) is 9.88 Å². The highest BCUT2D eigenvalue weighted by atomic mass is 35.5. The third kappa shape index (κ3) is 3.79. The number of hydrogen-bond acceptors (Lipinski definition) is 4. The molecule has 0 bridgehead atoms. The average molecular weight is 301 g/mol. The van der Waals surface area contributed by atoms with Crippen molar-refractivity contribution in [1.29, 1.82) is 0 Å². The predicted molar refractivity (Wildman–Crippen MR) is 71.5 cm³/mol. The molecule has 0 aliphatic rings. The summed E-state index contributed by atoms with van der Waals surface area (Å²) in [7, 11) is -3.55. The van der Waals surface area contributed by atoms with Gasteiger partial charge in [0.2, 0.25) is 10.0 Å². The first-order chi connectivity index (χ1) is 9.09. The van der Waals surface area contributed by atoms with Gasteiger partial charge in [-0.3, -0.25) is 0 Å². The molecule has 0 spiro atoms. The minimum atomic E-state index is -3.55. The van der Waals surface area contributed by atoms with E-state index >= 15 is 0 Å². The molecule has 1 aromatic heterocycles. The van der Waals surface area contributed by atoms with E-state index in [-0.39, 0.29) is 9.92 Å². The van der Waals surface area contributed by atoms with E-state index in [4.69, 9.17) is 16.1 Å². The molecule has 0 amide bonds. The zero-order valence-electron chi connectivity index (χ0n) is 10.0. The highest BCUT2D eigenvalue weighted by molar-refractivity contribution is 7.89. The first kappa shape index (κ1) is 14.0. The third-order valence-corrected chi connectivity index (χ3v) is 4.50. The van der Waals surface area contributed by atoms with Crippen LogP contribution in [-0.2, 0) is 16.4 Å². The Kier molecular flexibility index (Phi) is 4.57. The number of nitrogens with zero attached hydrogens (tertiary/aromatic N) is 1. The maximum absolute atomic E-state index is 12.0. The van der Waals surface area contributed by atoms with Gasteiger partial charge in [-0.1, -0.05) is 28.9 Å². The SMILES string of the molecule is O=S(=O)(NCCCc1cnoc1)c1ccccc1Cl. The maximum atomic E-state index is 12.0. The summed E-state index contributed by atoms with van der Waals surface area (Å²) < 4.78 is 31.2. The minimum absolute atomic E-state index is 0.0987. The molecule has 1 aromatic carbocycles. The van der Waals surface area contributed by atoms with Crippen LogP contribution in [-0.4, -0.2) is 20.1 Å². The molecule has 7 heteroatoms. The van der Waals surface area contributed by atoms with Crippen LogP contribution in [0, 0.1) is 0 Å². The van der Waals surface area contributed by atoms with E-state index in [1.165, 1.54) is 6.07 Å². The lowest BCUT2D eigenvalue weighted by Gasteiger charge is -2.07. The topological polar surface area (TPSA) is 72.2 Å². The first-order valence-corrected chi connectivity index (χ1v) is 7.58. The van der Waals surface area contributed by atoms with Crippen molar-refractivity contribution >= 4 is 21.6 Å². The highest BCUT2D eigenvalue weighted by Crippen LogP contribution is 2.19. The zero-order chi connectivity index (χ0) is 13.7. The molecule has 0 radical (unpaired) electrons. The van der Waals surface area contributed by atoms with E-state index in [2.05, 4.69) is 9.88 Å². The molecule has 0 unspecified atom stereocenters. The lowest BCUT2D eigenvalue weighted by Crippen LogP contribution is -2.25. The summed E-state index contributed by atoms with van der Waals surface area (Å²) >= 11 is 5.86. The molecule has 19 heavy (non-hydrogen) atoms. The molecule has 1 N–H and O–H groups in total. The van der Waals surface area contributed by atoms with Gasteiger partial charge in [0.25, 0.3) is 0 Å². The maximum Gasteiger partial charge on any atom is 0.242 e. The number of benzene rings is 1. The second-order valence-corrected chi connectivity index (χ2v) is 6.11. The van der Waals surface area contributed by atoms with Crippen molar-refractivity contribution in [3.8, 4) is 0 Å². The number of nitrogens with one attached hydrogen (secondary N) is 1. The van der Waals surface area contributed by atoms with Gasteiger partial charge in [-0.15, -0.1) is 0 Å². The molecule has 2 rings (SSSR count). The Balaban J connectivity index is 1.90. The second kappa shape index (κ2) is 6.18. The van der Waals surface area contributed by atoms with E-state index in [0.717, 1.165) is 5.56 Å². The Labute approximate surface area is 116 Å². The van der Waals surface area contributed by atoms with Crippen molar-refractivity contribution in [2.45, 2.75) is 17.7 Å². The van der Waals surface area contributed by atoms with Gasteiger partial charge in [0.05, 0.1) is 11.2 Å². The van der Waals surface area contributed by atoms with Gasteiger partial charge in [0.15, 0.2) is 0 Å². The molecule has 102 valence electrons. The number of rotatable bonds is 6. The van der Waals surface area contributed by atoms with E-state index in [1.54, 1.807) is 30.7 Å². The van der Waals surface area contributed by atoms with Crippen molar-refractivity contribution in [3.63, 3.8) is 0 Å². The Bertz CT molecular complexity index is 626. The van der Waals surface area contributed by atoms with Crippen LogP contribution in [0.3, 0.4) is 0 Å². The van der Waals surface area contributed by atoms with Gasteiger partial charge in [0.1, 0.15) is 11.2 Å². The van der Waals surface area contributed by atoms with Crippen LogP contribution >= 0.6 is 11.6 Å². The summed E-state index contributed by atoms with van der Waals surface area (Å²) in [6, 6.07) is 6.35. The zero-order valence-corrected chi connectivity index (χ0v) is 11.6. The molecule has 0 aliphatic carbocycles. The average Bonchev–Trinajstić information content (AvgIpc) is 2.88. The van der Waals surface area contributed by atoms with Gasteiger partial charge in [0, 0.05) is 12.1 Å². The first-order valence-electron chi connectivity index (χ1n) is 5.72. The molecule has 0 aliphatic heterocycles. The molecule has 2 aromatic rings. The Morgan fingerprint density at radius 2 is 2.11 bits per heavy atom. The highest BCUT2D eigenvalue weighted by Gasteiger charge is 2.16. The number of sulfonamides is 1. The van der Waals surface area contributed by atoms with Crippen LogP contribution in [0.4, 0.5) is 0 Å². The summed E-state index contributed by atoms with van der Waals surface area (Å²) in [6.07, 6.45) is 4.52. The van der Waals surface area contributed by atoms with Crippen molar-refractivity contribution in [3.05, 3.63) is 47.3 Å². The summed E-state index contributed by atoms with van der Waals surface area (Å²) in [6.45, 7) is 0.332. The third-order valence-electron chi connectivity index (χ3n) is 2.54. The van der Waals surface area contributed by atoms with Crippen LogP contribution in [0.1, 0.15) is 12.0 Å². The number of aryl methyl sites for hydroxylation is 1. The van der Waals surface area contributed by atoms with Gasteiger partial charge in [-0.05, 0) is 25.0 Å². The summed E-state index contributed by atoms with van der Waals surface area (Å²) in [5.41, 5.74) is 0.942. The van der Waals surface area contributed by atoms with Crippen LogP contribution in [0.15, 0.2) is 46.1 Å². The van der Waals surface area contributed by atoms with Gasteiger partial charge < -0.3 is 4.52 Å². The lowest BCUT2D eigenvalue weighted by molar-refractivity contribution is 0.418. The van der Waals surface area contributed by atoms with Crippen molar-refractivity contribution in [2.24, 2.45) is 0 Å². The van der Waals surface area contributed by atoms with Crippen LogP contribution in [0.25, 0.3) is 0 Å². The fourth-order valence-corrected chi connectivity index (χ4v) is 3.18. The molecule has 0 saturated carbocycles. The largest absolute Gasteiger partial charge is 0.364 e. The van der Waals surface area contributed by atoms with Gasteiger partial charge >= 0.3 is 0 Å². The predicted octanol–water partition coefficient (Wildman–Crippen LogP) is 2.24. The second-order valence-electron chi connectivity index (χ2n) is 3.96. The molecule has 5 nitrogen and oxygen atoms in total. The standard InChI is InChI=1S/C12H13ClN2O3S/c13-11-5-1-2-6-12(11)19(16,17)15-7-3-4-10-8-14-18-9-10/h1-2,5-6,8-9,15H,3-4,7H2. The number of halogens is 1. The Morgan fingerprint density at radius 1 is 1.32 bits per heavy atom. The van der Waals surface area contributed by atoms with Crippen LogP contribution < -0.4 is 4.72 Å². The monoisotopic (exact) mass is 300 g/mol. The molecule has 0 fully saturated rings. The summed E-state index contributed by atoms with van der Waals surface area (Å²) in [5, 5.41) is 3.79. The Morgan fingerprint density at radius 3 is 2.79 bits per heavy atom. The van der Waals surface area contributed by atoms with E-state index in [1.807, 2.05) is 0 Å². The lowest BCUT2D eigenvalue weighted by atomic mass is 10.2. The normalized spacial score (nSPS) is 11.6. The fourth-order valence-electron chi connectivity index (χ4n) is 1.59. The summed E-state index contributed by atoms with van der Waals surface area (Å²) in [5.74, 6) is 0. The molecule has 1 heterocycles. The number of hydrogen-bond donors (Lipinski definition) is 1. The van der Waals surface area contributed by atoms with Gasteiger partial charge in [-0.2, -0.15) is 0 Å². The number of aromatic nitrogens is 1. The minimum Gasteiger partial charge on any atom is -0.364 e. The van der Waals surface area contributed by atoms with Crippen LogP contribution in [0.2, 0.25) is 5.02 Å². The van der Waals surface area contributed by atoms with E-state index in [0.29, 0.717) is 19.4 Å². The molecular weight excluding hydrogens is 288 g/mol. The summed E-state index contributed by atoms with van der Waals surface area (Å²) in [4.78, 5) is 0.0987.